The summed E-state index contributed by atoms with van der Waals surface area (Å²) in [6.07, 6.45) is 15.5. The van der Waals surface area contributed by atoms with Crippen LogP contribution in [-0.4, -0.2) is 146 Å². The fourth-order valence-corrected chi connectivity index (χ4v) is 14.5. The summed E-state index contributed by atoms with van der Waals surface area (Å²) in [5.41, 5.74) is 20.4. The summed E-state index contributed by atoms with van der Waals surface area (Å²) >= 11 is 3.24. The monoisotopic (exact) mass is 1590 g/mol. The van der Waals surface area contributed by atoms with E-state index in [4.69, 9.17) is 36.2 Å². The summed E-state index contributed by atoms with van der Waals surface area (Å²) in [5, 5.41) is 18.6. The van der Waals surface area contributed by atoms with E-state index in [-0.39, 0.29) is 70.4 Å². The fourth-order valence-electron chi connectivity index (χ4n) is 13.9. The number of rotatable bonds is 17. The standard InChI is InChI=1S/C23H22N4O3.C15H16N2O2.C13H12N2O2.C11H11BrO.C11H12O.C10H12N2O2.C4H8N2O2/c1-27-17-9-5-6-10-18(17)30-14-16(22(27)29)25-21(28)20-24-13-19(26-20)23(11-12-23)15-7-3-2-4-8-15;1-2-19-14(18)13-16-10-12(17-13)15(8-9-15)11-6-4-3-5-7-11;16-12(17)11-14-8-10(15-11)13(6-7-13)9-4-2-1-3-5-9;12-8-10(13)11(6-7-11)9-4-2-1-3-5-9;1-9(12)11(7-8-11)10-5-3-2-4-6-10;1-12-8-4-2-3-5-9(8)14-6-7(11)10(12)13;1-2-8-4(7)3(5)6/h2-10,13,16H,11-12,14H2,1H3,(H,24,26)(H,25,28);3-7,10H,2,8-9H2,1H3,(H,16,17);1-5,8H,6-7H2,(H,14,15)(H,16,17);1-5H,6-8H2;2-6H,7-8H2,1H3;2-5,7H,6,11H2,1H3;2H2,1H3,(H3,5,6)/t16-;;;;;7-;/m0....0./s1. The van der Waals surface area contributed by atoms with Crippen molar-refractivity contribution in [2.75, 3.05) is 55.7 Å². The molecule has 3 aromatic heterocycles. The van der Waals surface area contributed by atoms with Crippen LogP contribution in [0.3, 0.4) is 0 Å². The second-order valence-corrected chi connectivity index (χ2v) is 29.0. The highest BCUT2D eigenvalue weighted by Gasteiger charge is 2.52. The molecule has 10 N–H and O–H groups in total. The number of nitrogens with two attached hydrogens (primary N) is 2. The van der Waals surface area contributed by atoms with Gasteiger partial charge in [0.15, 0.2) is 11.6 Å². The molecule has 0 saturated heterocycles. The number of esters is 2. The number of likely N-dealkylation sites (N-methyl/N-ethyl adjacent to an activating group) is 2. The number of nitrogens with one attached hydrogen (secondary N) is 5. The van der Waals surface area contributed by atoms with Gasteiger partial charge in [0.05, 0.1) is 40.7 Å². The number of Topliss-reactive ketones (excluding diaryl/α,β-unsaturated/α-hetero) is 2. The van der Waals surface area contributed by atoms with Gasteiger partial charge in [-0.2, -0.15) is 0 Å². The first-order valence-corrected chi connectivity index (χ1v) is 38.6. The number of aromatic carboxylic acids is 1. The van der Waals surface area contributed by atoms with Crippen molar-refractivity contribution in [1.29, 1.82) is 5.41 Å². The lowest BCUT2D eigenvalue weighted by Gasteiger charge is -2.20. The molecule has 25 nitrogen and oxygen atoms in total. The van der Waals surface area contributed by atoms with E-state index in [9.17, 15) is 38.4 Å². The van der Waals surface area contributed by atoms with Crippen LogP contribution < -0.4 is 36.1 Å². The van der Waals surface area contributed by atoms with E-state index >= 15 is 0 Å². The number of imidazole rings is 3. The quantitative estimate of drug-likeness (QED) is 0.0182. The third-order valence-electron chi connectivity index (χ3n) is 21.2. The SMILES string of the molecule is CC(=O)C1(c2ccccc2)CC1.CCOC(=O)C(=N)N.CCOC(=O)c1ncc(C2(c3ccccc3)CC2)[nH]1.CN1C(=O)[C@@H](N)COc2ccccc21.CN1C(=O)[C@@H](NC(=O)c2ncc(C3(c4ccccc4)CC3)[nH]2)COc2ccccc21.O=C(CBr)C1(c2ccccc2)CC1.O=C(O)c1ncc(C2(c3ccccc3)CC2)[nH]1. The first-order valence-electron chi connectivity index (χ1n) is 37.5. The van der Waals surface area contributed by atoms with E-state index in [0.29, 0.717) is 46.5 Å². The van der Waals surface area contributed by atoms with Crippen LogP contribution in [0, 0.1) is 5.41 Å². The summed E-state index contributed by atoms with van der Waals surface area (Å²) in [7, 11) is 3.38. The number of H-pyrrole nitrogens is 3. The molecule has 5 fully saturated rings. The highest BCUT2D eigenvalue weighted by atomic mass is 79.9. The number of fused-ring (bicyclic) bond motifs is 2. The topological polar surface area (TPSA) is 374 Å². The molecule has 0 spiro atoms. The molecular weight excluding hydrogens is 1500 g/mol. The van der Waals surface area contributed by atoms with Gasteiger partial charge in [0.2, 0.25) is 23.4 Å². The first kappa shape index (κ1) is 81.8. The van der Waals surface area contributed by atoms with Crippen LogP contribution in [0.4, 0.5) is 11.4 Å². The lowest BCUT2D eigenvalue weighted by molar-refractivity contribution is -0.135. The number of ketones is 2. The molecule has 17 rings (SSSR count). The van der Waals surface area contributed by atoms with E-state index in [1.165, 1.54) is 37.6 Å². The van der Waals surface area contributed by atoms with Crippen molar-refractivity contribution in [1.82, 2.24) is 35.2 Å². The molecule has 586 valence electrons. The second kappa shape index (κ2) is 36.3. The number of halogens is 1. The Morgan fingerprint density at radius 2 is 0.885 bits per heavy atom. The van der Waals surface area contributed by atoms with Gasteiger partial charge in [-0.15, -0.1) is 0 Å². The van der Waals surface area contributed by atoms with Gasteiger partial charge >= 0.3 is 17.9 Å². The zero-order chi connectivity index (χ0) is 80.5. The number of aromatic amines is 3. The molecule has 0 unspecified atom stereocenters. The minimum Gasteiger partial charge on any atom is -0.489 e. The molecule has 2 atom stereocenters. The Hall–Kier alpha value is -12.2. The summed E-state index contributed by atoms with van der Waals surface area (Å²) in [4.78, 5) is 117. The maximum Gasteiger partial charge on any atom is 0.374 e. The summed E-state index contributed by atoms with van der Waals surface area (Å²) < 4.78 is 20.4. The second-order valence-electron chi connectivity index (χ2n) is 28.4. The molecule has 0 bridgehead atoms. The molecule has 7 aliphatic rings. The Bertz CT molecular complexity index is 4980. The van der Waals surface area contributed by atoms with Crippen molar-refractivity contribution in [3.05, 3.63) is 281 Å². The number of aromatic nitrogens is 6. The summed E-state index contributed by atoms with van der Waals surface area (Å²) in [6, 6.07) is 64.2. The third-order valence-corrected chi connectivity index (χ3v) is 21.7. The number of hydrogen-bond donors (Lipinski definition) is 8. The average Bonchev–Trinajstić information content (AvgIpc) is 1.56. The number of amides is 3. The van der Waals surface area contributed by atoms with Gasteiger partial charge in [0, 0.05) is 66.0 Å². The Kier molecular flexibility index (Phi) is 26.3. The van der Waals surface area contributed by atoms with Crippen molar-refractivity contribution >= 4 is 80.3 Å². The number of carboxylic acid groups (broad SMARTS) is 1. The molecule has 5 aliphatic carbocycles. The maximum absolute atomic E-state index is 12.8. The number of hydrogen-bond acceptors (Lipinski definition) is 17. The van der Waals surface area contributed by atoms with Crippen molar-refractivity contribution < 1.29 is 62.4 Å². The normalized spacial score (nSPS) is 17.7. The minimum atomic E-state index is -1.01. The number of amidine groups is 1. The van der Waals surface area contributed by atoms with E-state index < -0.39 is 41.7 Å². The zero-order valence-corrected chi connectivity index (χ0v) is 65.2. The largest absolute Gasteiger partial charge is 0.489 e. The predicted octanol–water partition coefficient (Wildman–Crippen LogP) is 12.3. The van der Waals surface area contributed by atoms with E-state index in [2.05, 4.69) is 104 Å². The molecule has 113 heavy (non-hydrogen) atoms. The molecule has 7 aromatic carbocycles. The smallest absolute Gasteiger partial charge is 0.374 e. The molecule has 10 aromatic rings. The van der Waals surface area contributed by atoms with Crippen LogP contribution in [0.25, 0.3) is 0 Å². The molecule has 5 heterocycles. The van der Waals surface area contributed by atoms with Gasteiger partial charge in [-0.3, -0.25) is 29.4 Å². The van der Waals surface area contributed by atoms with Crippen molar-refractivity contribution in [3.8, 4) is 11.5 Å². The number of carbonyl (C=O) groups is 8. The number of anilines is 2. The van der Waals surface area contributed by atoms with Gasteiger partial charge in [-0.1, -0.05) is 192 Å². The first-order chi connectivity index (χ1) is 54.5. The fraction of sp³-hybridized carbons (Fsp3) is 0.310. The minimum absolute atomic E-state index is 0.0129. The van der Waals surface area contributed by atoms with Crippen LogP contribution in [0.2, 0.25) is 0 Å². The molecule has 2 aliphatic heterocycles. The summed E-state index contributed by atoms with van der Waals surface area (Å²) in [6.45, 7) is 6.06. The number of benzene rings is 7. The predicted molar refractivity (Wildman–Crippen MR) is 431 cm³/mol. The Morgan fingerprint density at radius 1 is 0.522 bits per heavy atom. The van der Waals surface area contributed by atoms with Crippen LogP contribution in [0.15, 0.2) is 219 Å². The molecule has 0 radical (unpaired) electrons. The van der Waals surface area contributed by atoms with E-state index in [0.717, 1.165) is 87.0 Å². The average molecular weight is 1590 g/mol. The molecule has 5 saturated carbocycles. The Balaban J connectivity index is 0.000000135. The van der Waals surface area contributed by atoms with Gasteiger partial charge in [-0.25, -0.2) is 29.3 Å². The van der Waals surface area contributed by atoms with Crippen LogP contribution in [0.5, 0.6) is 11.5 Å². The lowest BCUT2D eigenvalue weighted by atomic mass is 9.92. The number of alkyl halides is 1. The van der Waals surface area contributed by atoms with Gasteiger partial charge in [0.1, 0.15) is 42.6 Å². The van der Waals surface area contributed by atoms with E-state index in [1.807, 2.05) is 146 Å². The van der Waals surface area contributed by atoms with Crippen LogP contribution >= 0.6 is 15.9 Å². The van der Waals surface area contributed by atoms with Gasteiger partial charge in [0.25, 0.3) is 11.8 Å². The van der Waals surface area contributed by atoms with Crippen molar-refractivity contribution in [3.63, 3.8) is 0 Å². The molecule has 3 amide bonds. The summed E-state index contributed by atoms with van der Waals surface area (Å²) in [5.74, 6) is -1.03. The van der Waals surface area contributed by atoms with Crippen LogP contribution in [-0.2, 0) is 60.5 Å². The molecule has 26 heteroatoms. The third kappa shape index (κ3) is 19.1. The van der Waals surface area contributed by atoms with Gasteiger partial charge < -0.3 is 65.6 Å². The highest BCUT2D eigenvalue weighted by Crippen LogP contribution is 2.55. The van der Waals surface area contributed by atoms with Crippen LogP contribution in [0.1, 0.15) is 162 Å². The van der Waals surface area contributed by atoms with E-state index in [1.54, 1.807) is 59.5 Å². The highest BCUT2D eigenvalue weighted by molar-refractivity contribution is 9.09. The number of carbonyl (C=O) groups excluding carboxylic acids is 7. The Labute approximate surface area is 663 Å². The zero-order valence-electron chi connectivity index (χ0n) is 63.7. The number of carboxylic acids is 1. The van der Waals surface area contributed by atoms with Gasteiger partial charge in [-0.05, 0) is 137 Å². The van der Waals surface area contributed by atoms with Crippen molar-refractivity contribution in [2.45, 2.75) is 124 Å². The number of para-hydroxylation sites is 4. The molecular formula is C87H93BrN12O13. The maximum atomic E-state index is 12.8. The number of ether oxygens (including phenoxy) is 4. The van der Waals surface area contributed by atoms with Crippen molar-refractivity contribution in [2.24, 2.45) is 11.5 Å². The number of nitrogens with zero attached hydrogens (tertiary/aromatic N) is 5. The Morgan fingerprint density at radius 3 is 1.26 bits per heavy atom. The lowest BCUT2D eigenvalue weighted by Crippen LogP contribution is -2.49.